The van der Waals surface area contributed by atoms with E-state index >= 15 is 0 Å². The van der Waals surface area contributed by atoms with Gasteiger partial charge in [-0.05, 0) is 13.8 Å². The van der Waals surface area contributed by atoms with Crippen LogP contribution in [0, 0.1) is 0 Å². The SMILES string of the molecule is CC(C)c1nncn1C(C)(C)C(=O)O. The predicted octanol–water partition coefficient (Wildman–Crippen LogP) is 1.22. The van der Waals surface area contributed by atoms with Gasteiger partial charge >= 0.3 is 5.97 Å². The molecule has 0 aliphatic carbocycles. The summed E-state index contributed by atoms with van der Waals surface area (Å²) in [6.45, 7) is 7.17. The van der Waals surface area contributed by atoms with Crippen molar-refractivity contribution in [2.75, 3.05) is 0 Å². The van der Waals surface area contributed by atoms with Crippen molar-refractivity contribution in [3.05, 3.63) is 12.2 Å². The minimum absolute atomic E-state index is 0.163. The van der Waals surface area contributed by atoms with Crippen LogP contribution in [0.5, 0.6) is 0 Å². The fourth-order valence-corrected chi connectivity index (χ4v) is 1.17. The molecule has 0 fully saturated rings. The third-order valence-corrected chi connectivity index (χ3v) is 2.22. The molecule has 0 aromatic carbocycles. The Labute approximate surface area is 82.8 Å². The van der Waals surface area contributed by atoms with Gasteiger partial charge in [-0.25, -0.2) is 4.79 Å². The van der Waals surface area contributed by atoms with Crippen LogP contribution >= 0.6 is 0 Å². The molecule has 0 unspecified atom stereocenters. The number of rotatable bonds is 3. The second-order valence-corrected chi connectivity index (χ2v) is 4.08. The van der Waals surface area contributed by atoms with Gasteiger partial charge in [0.15, 0.2) is 0 Å². The maximum atomic E-state index is 11.0. The molecule has 1 aromatic heterocycles. The van der Waals surface area contributed by atoms with E-state index < -0.39 is 11.5 Å². The fourth-order valence-electron chi connectivity index (χ4n) is 1.17. The number of aliphatic carboxylic acids is 1. The van der Waals surface area contributed by atoms with Crippen molar-refractivity contribution in [3.8, 4) is 0 Å². The summed E-state index contributed by atoms with van der Waals surface area (Å²) < 4.78 is 1.60. The number of carboxylic acids is 1. The van der Waals surface area contributed by atoms with Crippen LogP contribution in [0.25, 0.3) is 0 Å². The largest absolute Gasteiger partial charge is 0.480 e. The number of hydrogen-bond acceptors (Lipinski definition) is 3. The number of carboxylic acid groups (broad SMARTS) is 1. The summed E-state index contributed by atoms with van der Waals surface area (Å²) in [5.41, 5.74) is -0.997. The molecule has 1 heterocycles. The molecule has 0 bridgehead atoms. The van der Waals surface area contributed by atoms with Gasteiger partial charge in [0, 0.05) is 5.92 Å². The van der Waals surface area contributed by atoms with Crippen LogP contribution in [0.1, 0.15) is 39.4 Å². The lowest BCUT2D eigenvalue weighted by atomic mass is 10.0. The minimum atomic E-state index is -0.997. The number of hydrogen-bond donors (Lipinski definition) is 1. The van der Waals surface area contributed by atoms with Gasteiger partial charge in [-0.1, -0.05) is 13.8 Å². The molecule has 1 N–H and O–H groups in total. The maximum absolute atomic E-state index is 11.0. The van der Waals surface area contributed by atoms with Gasteiger partial charge < -0.3 is 9.67 Å². The van der Waals surface area contributed by atoms with Gasteiger partial charge in [0.05, 0.1) is 0 Å². The van der Waals surface area contributed by atoms with Crippen molar-refractivity contribution < 1.29 is 9.90 Å². The van der Waals surface area contributed by atoms with Gasteiger partial charge in [-0.3, -0.25) is 0 Å². The third kappa shape index (κ3) is 1.62. The molecular weight excluding hydrogens is 182 g/mol. The zero-order chi connectivity index (χ0) is 10.9. The Morgan fingerprint density at radius 1 is 1.57 bits per heavy atom. The smallest absolute Gasteiger partial charge is 0.329 e. The number of carbonyl (C=O) groups is 1. The Hall–Kier alpha value is -1.39. The fraction of sp³-hybridized carbons (Fsp3) is 0.667. The van der Waals surface area contributed by atoms with Crippen molar-refractivity contribution in [2.45, 2.75) is 39.2 Å². The highest BCUT2D eigenvalue weighted by atomic mass is 16.4. The van der Waals surface area contributed by atoms with Crippen LogP contribution in [-0.2, 0) is 10.3 Å². The van der Waals surface area contributed by atoms with E-state index in [1.54, 1.807) is 18.4 Å². The Kier molecular flexibility index (Phi) is 2.59. The van der Waals surface area contributed by atoms with Gasteiger partial charge in [0.1, 0.15) is 17.7 Å². The highest BCUT2D eigenvalue weighted by Crippen LogP contribution is 2.21. The Balaban J connectivity index is 3.18. The van der Waals surface area contributed by atoms with E-state index in [0.29, 0.717) is 5.82 Å². The first-order valence-electron chi connectivity index (χ1n) is 4.51. The summed E-state index contributed by atoms with van der Waals surface area (Å²) in [5, 5.41) is 16.7. The zero-order valence-electron chi connectivity index (χ0n) is 8.85. The van der Waals surface area contributed by atoms with E-state index in [0.717, 1.165) is 0 Å². The van der Waals surface area contributed by atoms with Crippen LogP contribution < -0.4 is 0 Å². The minimum Gasteiger partial charge on any atom is -0.480 e. The molecule has 0 radical (unpaired) electrons. The lowest BCUT2D eigenvalue weighted by Gasteiger charge is -2.23. The van der Waals surface area contributed by atoms with E-state index in [1.807, 2.05) is 13.8 Å². The van der Waals surface area contributed by atoms with Gasteiger partial charge in [0.25, 0.3) is 0 Å². The first-order valence-corrected chi connectivity index (χ1v) is 4.51. The normalized spacial score (nSPS) is 12.1. The summed E-state index contributed by atoms with van der Waals surface area (Å²) >= 11 is 0. The lowest BCUT2D eigenvalue weighted by molar-refractivity contribution is -0.145. The van der Waals surface area contributed by atoms with Gasteiger partial charge in [-0.2, -0.15) is 0 Å². The first-order chi connectivity index (χ1) is 6.37. The van der Waals surface area contributed by atoms with Crippen molar-refractivity contribution in [1.29, 1.82) is 0 Å². The van der Waals surface area contributed by atoms with E-state index in [-0.39, 0.29) is 5.92 Å². The average molecular weight is 197 g/mol. The predicted molar refractivity (Wildman–Crippen MR) is 51.1 cm³/mol. The molecule has 14 heavy (non-hydrogen) atoms. The molecule has 0 spiro atoms. The average Bonchev–Trinajstić information content (AvgIpc) is 2.51. The monoisotopic (exact) mass is 197 g/mol. The van der Waals surface area contributed by atoms with Crippen molar-refractivity contribution in [2.24, 2.45) is 0 Å². The zero-order valence-corrected chi connectivity index (χ0v) is 8.85. The van der Waals surface area contributed by atoms with E-state index in [9.17, 15) is 4.79 Å². The standard InChI is InChI=1S/C9H15N3O2/c1-6(2)7-11-10-5-12(7)9(3,4)8(13)14/h5-6H,1-4H3,(H,13,14). The van der Waals surface area contributed by atoms with E-state index in [4.69, 9.17) is 5.11 Å². The van der Waals surface area contributed by atoms with Gasteiger partial charge in [0.2, 0.25) is 0 Å². The molecule has 0 atom stereocenters. The Morgan fingerprint density at radius 3 is 2.57 bits per heavy atom. The van der Waals surface area contributed by atoms with Crippen LogP contribution in [0.15, 0.2) is 6.33 Å². The second kappa shape index (κ2) is 3.40. The van der Waals surface area contributed by atoms with Gasteiger partial charge in [-0.15, -0.1) is 10.2 Å². The van der Waals surface area contributed by atoms with Crippen molar-refractivity contribution >= 4 is 5.97 Å². The molecule has 0 aliphatic heterocycles. The van der Waals surface area contributed by atoms with Crippen LogP contribution in [-0.4, -0.2) is 25.8 Å². The van der Waals surface area contributed by atoms with E-state index in [1.165, 1.54) is 6.33 Å². The molecule has 0 aliphatic rings. The summed E-state index contributed by atoms with van der Waals surface area (Å²) in [6, 6.07) is 0. The summed E-state index contributed by atoms with van der Waals surface area (Å²) in [7, 11) is 0. The molecule has 0 saturated carbocycles. The summed E-state index contributed by atoms with van der Waals surface area (Å²) in [6.07, 6.45) is 1.46. The van der Waals surface area contributed by atoms with Crippen LogP contribution in [0.3, 0.4) is 0 Å². The molecular formula is C9H15N3O2. The topological polar surface area (TPSA) is 68.0 Å². The maximum Gasteiger partial charge on any atom is 0.329 e. The molecule has 0 saturated heterocycles. The van der Waals surface area contributed by atoms with Crippen LogP contribution in [0.4, 0.5) is 0 Å². The molecule has 1 rings (SSSR count). The van der Waals surface area contributed by atoms with Crippen LogP contribution in [0.2, 0.25) is 0 Å². The summed E-state index contributed by atoms with van der Waals surface area (Å²) in [4.78, 5) is 11.0. The Morgan fingerprint density at radius 2 is 2.14 bits per heavy atom. The highest BCUT2D eigenvalue weighted by Gasteiger charge is 2.32. The Bertz CT molecular complexity index is 342. The third-order valence-electron chi connectivity index (χ3n) is 2.22. The highest BCUT2D eigenvalue weighted by molar-refractivity contribution is 5.75. The number of nitrogens with zero attached hydrogens (tertiary/aromatic N) is 3. The lowest BCUT2D eigenvalue weighted by Crippen LogP contribution is -2.36. The molecule has 78 valence electrons. The molecule has 5 heteroatoms. The first kappa shape index (κ1) is 10.7. The van der Waals surface area contributed by atoms with E-state index in [2.05, 4.69) is 10.2 Å². The molecule has 0 amide bonds. The van der Waals surface area contributed by atoms with Crippen molar-refractivity contribution in [1.82, 2.24) is 14.8 Å². The number of aromatic nitrogens is 3. The molecule has 1 aromatic rings. The second-order valence-electron chi connectivity index (χ2n) is 4.08. The van der Waals surface area contributed by atoms with Crippen molar-refractivity contribution in [3.63, 3.8) is 0 Å². The molecule has 5 nitrogen and oxygen atoms in total. The summed E-state index contributed by atoms with van der Waals surface area (Å²) in [5.74, 6) is -0.0345. The quantitative estimate of drug-likeness (QED) is 0.791.